The van der Waals surface area contributed by atoms with Crippen LogP contribution in [0.1, 0.15) is 23.4 Å². The maximum atomic E-state index is 5.63. The molecule has 1 aliphatic heterocycles. The highest BCUT2D eigenvalue weighted by Gasteiger charge is 2.29. The summed E-state index contributed by atoms with van der Waals surface area (Å²) in [6.45, 7) is 4.26. The van der Waals surface area contributed by atoms with E-state index in [1.54, 1.807) is 4.88 Å². The van der Waals surface area contributed by atoms with Crippen molar-refractivity contribution in [3.8, 4) is 11.4 Å². The van der Waals surface area contributed by atoms with Gasteiger partial charge in [-0.25, -0.2) is 0 Å². The summed E-state index contributed by atoms with van der Waals surface area (Å²) in [5.41, 5.74) is 2.60. The maximum absolute atomic E-state index is 5.63. The molecule has 3 aromatic rings. The zero-order chi connectivity index (χ0) is 16.7. The summed E-state index contributed by atoms with van der Waals surface area (Å²) in [4.78, 5) is 3.07. The SMILES string of the molecule is C[C@@H]1c2ccsc2CC[NH+]1Cn1nc(-c2ccccc2)n(C)c1=S. The van der Waals surface area contributed by atoms with Crippen LogP contribution in [0.2, 0.25) is 0 Å². The molecule has 6 heteroatoms. The van der Waals surface area contributed by atoms with Crippen molar-refractivity contribution in [1.29, 1.82) is 0 Å². The number of aromatic nitrogens is 3. The molecule has 1 N–H and O–H groups in total. The van der Waals surface area contributed by atoms with E-state index in [0.717, 1.165) is 35.8 Å². The van der Waals surface area contributed by atoms with Crippen LogP contribution in [-0.2, 0) is 20.1 Å². The van der Waals surface area contributed by atoms with Gasteiger partial charge in [-0.3, -0.25) is 0 Å². The van der Waals surface area contributed by atoms with E-state index in [-0.39, 0.29) is 0 Å². The molecule has 2 aromatic heterocycles. The highest BCUT2D eigenvalue weighted by molar-refractivity contribution is 7.71. The number of hydrogen-bond acceptors (Lipinski definition) is 3. The van der Waals surface area contributed by atoms with Crippen LogP contribution in [-0.4, -0.2) is 20.9 Å². The fourth-order valence-electron chi connectivity index (χ4n) is 3.49. The van der Waals surface area contributed by atoms with Crippen LogP contribution in [0.4, 0.5) is 0 Å². The minimum absolute atomic E-state index is 0.490. The second-order valence-corrected chi connectivity index (χ2v) is 7.73. The number of thiophene rings is 1. The first-order chi connectivity index (χ1) is 11.6. The summed E-state index contributed by atoms with van der Waals surface area (Å²) >= 11 is 7.52. The second-order valence-electron chi connectivity index (χ2n) is 6.37. The minimum Gasteiger partial charge on any atom is -0.310 e. The van der Waals surface area contributed by atoms with Gasteiger partial charge < -0.3 is 9.47 Å². The first-order valence-electron chi connectivity index (χ1n) is 8.25. The van der Waals surface area contributed by atoms with Crippen molar-refractivity contribution in [3.05, 3.63) is 57.0 Å². The van der Waals surface area contributed by atoms with Crippen LogP contribution in [0.25, 0.3) is 11.4 Å². The van der Waals surface area contributed by atoms with E-state index in [2.05, 4.69) is 30.5 Å². The molecule has 0 saturated carbocycles. The van der Waals surface area contributed by atoms with Gasteiger partial charge in [0.25, 0.3) is 0 Å². The normalized spacial score (nSPS) is 20.1. The molecule has 0 aliphatic carbocycles. The van der Waals surface area contributed by atoms with E-state index >= 15 is 0 Å². The molecule has 0 radical (unpaired) electrons. The van der Waals surface area contributed by atoms with Gasteiger partial charge in [-0.05, 0) is 30.6 Å². The van der Waals surface area contributed by atoms with E-state index in [0.29, 0.717) is 6.04 Å². The first kappa shape index (κ1) is 15.7. The third-order valence-electron chi connectivity index (χ3n) is 4.96. The van der Waals surface area contributed by atoms with E-state index < -0.39 is 0 Å². The zero-order valence-electron chi connectivity index (χ0n) is 13.9. The average molecular weight is 358 g/mol. The van der Waals surface area contributed by atoms with Crippen molar-refractivity contribution >= 4 is 23.6 Å². The number of nitrogens with zero attached hydrogens (tertiary/aromatic N) is 3. The Balaban J connectivity index is 1.63. The summed E-state index contributed by atoms with van der Waals surface area (Å²) in [6, 6.07) is 13.0. The Kier molecular flexibility index (Phi) is 4.12. The number of nitrogens with one attached hydrogen (secondary N) is 1. The number of hydrogen-bond donors (Lipinski definition) is 1. The van der Waals surface area contributed by atoms with Crippen LogP contribution in [0.3, 0.4) is 0 Å². The molecular weight excluding hydrogens is 336 g/mol. The fraction of sp³-hybridized carbons (Fsp3) is 0.333. The Morgan fingerprint density at radius 1 is 1.29 bits per heavy atom. The molecule has 0 fully saturated rings. The lowest BCUT2D eigenvalue weighted by Crippen LogP contribution is -3.12. The summed E-state index contributed by atoms with van der Waals surface area (Å²) < 4.78 is 4.78. The largest absolute Gasteiger partial charge is 0.310 e. The lowest BCUT2D eigenvalue weighted by atomic mass is 10.0. The number of quaternary nitrogens is 1. The summed E-state index contributed by atoms with van der Waals surface area (Å²) in [5, 5.41) is 7.02. The Bertz CT molecular complexity index is 907. The maximum Gasteiger partial charge on any atom is 0.202 e. The van der Waals surface area contributed by atoms with Crippen molar-refractivity contribution in [3.63, 3.8) is 0 Å². The quantitative estimate of drug-likeness (QED) is 0.730. The molecule has 0 amide bonds. The van der Waals surface area contributed by atoms with Crippen LogP contribution < -0.4 is 4.90 Å². The molecule has 0 saturated heterocycles. The van der Waals surface area contributed by atoms with Gasteiger partial charge >= 0.3 is 0 Å². The van der Waals surface area contributed by atoms with E-state index in [4.69, 9.17) is 17.3 Å². The lowest BCUT2D eigenvalue weighted by Gasteiger charge is -2.30. The van der Waals surface area contributed by atoms with Crippen molar-refractivity contribution in [2.75, 3.05) is 6.54 Å². The number of benzene rings is 1. The molecule has 124 valence electrons. The minimum atomic E-state index is 0.490. The molecule has 1 aliphatic rings. The standard InChI is InChI=1S/C18H20N4S2/c1-13-15-9-11-24-16(15)8-10-21(13)12-22-18(23)20(2)17(19-22)14-6-4-3-5-7-14/h3-7,9,11,13H,8,10,12H2,1-2H3/p+1/t13-/m1/s1. The molecule has 2 atom stereocenters. The van der Waals surface area contributed by atoms with Crippen molar-refractivity contribution in [1.82, 2.24) is 14.3 Å². The van der Waals surface area contributed by atoms with Gasteiger partial charge in [-0.15, -0.1) is 16.4 Å². The number of fused-ring (bicyclic) bond motifs is 1. The third kappa shape index (κ3) is 2.64. The van der Waals surface area contributed by atoms with E-state index in [1.807, 2.05) is 45.8 Å². The monoisotopic (exact) mass is 357 g/mol. The Labute approximate surface area is 151 Å². The smallest absolute Gasteiger partial charge is 0.202 e. The predicted molar refractivity (Wildman–Crippen MR) is 99.7 cm³/mol. The van der Waals surface area contributed by atoms with Crippen LogP contribution in [0.15, 0.2) is 41.8 Å². The third-order valence-corrected chi connectivity index (χ3v) is 6.44. The fourth-order valence-corrected chi connectivity index (χ4v) is 4.66. The van der Waals surface area contributed by atoms with Gasteiger partial charge in [0, 0.05) is 29.5 Å². The summed E-state index contributed by atoms with van der Waals surface area (Å²) in [6.07, 6.45) is 1.15. The number of rotatable bonds is 3. The molecule has 4 rings (SSSR count). The van der Waals surface area contributed by atoms with Gasteiger partial charge in [0.15, 0.2) is 12.5 Å². The van der Waals surface area contributed by atoms with Crippen molar-refractivity contribution in [2.24, 2.45) is 7.05 Å². The van der Waals surface area contributed by atoms with Gasteiger partial charge in [-0.2, -0.15) is 4.68 Å². The Morgan fingerprint density at radius 2 is 2.08 bits per heavy atom. The predicted octanol–water partition coefficient (Wildman–Crippen LogP) is 2.84. The summed E-state index contributed by atoms with van der Waals surface area (Å²) in [7, 11) is 2.00. The molecule has 4 nitrogen and oxygen atoms in total. The molecule has 1 aromatic carbocycles. The van der Waals surface area contributed by atoms with Crippen molar-refractivity contribution < 1.29 is 4.90 Å². The van der Waals surface area contributed by atoms with Crippen molar-refractivity contribution in [2.45, 2.75) is 26.1 Å². The van der Waals surface area contributed by atoms with Gasteiger partial charge in [0.05, 0.1) is 6.54 Å². The molecule has 0 bridgehead atoms. The molecule has 24 heavy (non-hydrogen) atoms. The summed E-state index contributed by atoms with van der Waals surface area (Å²) in [5.74, 6) is 0.931. The molecule has 0 spiro atoms. The van der Waals surface area contributed by atoms with Crippen LogP contribution in [0.5, 0.6) is 0 Å². The molecule has 3 heterocycles. The van der Waals surface area contributed by atoms with E-state index in [9.17, 15) is 0 Å². The highest BCUT2D eigenvalue weighted by Crippen LogP contribution is 2.24. The zero-order valence-corrected chi connectivity index (χ0v) is 15.5. The Hall–Kier alpha value is -1.76. The van der Waals surface area contributed by atoms with Crippen LogP contribution in [0, 0.1) is 4.77 Å². The first-order valence-corrected chi connectivity index (χ1v) is 9.54. The van der Waals surface area contributed by atoms with Gasteiger partial charge in [-0.1, -0.05) is 30.3 Å². The van der Waals surface area contributed by atoms with Crippen LogP contribution >= 0.6 is 23.6 Å². The van der Waals surface area contributed by atoms with E-state index in [1.165, 1.54) is 10.5 Å². The second kappa shape index (κ2) is 6.27. The van der Waals surface area contributed by atoms with Gasteiger partial charge in [0.2, 0.25) is 4.77 Å². The van der Waals surface area contributed by atoms with Gasteiger partial charge in [0.1, 0.15) is 6.04 Å². The Morgan fingerprint density at radius 3 is 2.88 bits per heavy atom. The highest BCUT2D eigenvalue weighted by atomic mass is 32.1. The molecular formula is C18H21N4S2+. The lowest BCUT2D eigenvalue weighted by molar-refractivity contribution is -0.954. The molecule has 1 unspecified atom stereocenters. The topological polar surface area (TPSA) is 27.2 Å². The average Bonchev–Trinajstić information content (AvgIpc) is 3.19.